The number of phenolic OH excluding ortho intramolecular Hbond substituents is 1. The fraction of sp³-hybridized carbons (Fsp3) is 0.733. The van der Waals surface area contributed by atoms with E-state index in [1.807, 2.05) is 12.1 Å². The first kappa shape index (κ1) is 22.0. The summed E-state index contributed by atoms with van der Waals surface area (Å²) in [4.78, 5) is 0. The first-order chi connectivity index (χ1) is 16.0. The lowest BCUT2D eigenvalue weighted by Gasteiger charge is -2.66. The van der Waals surface area contributed by atoms with Crippen LogP contribution in [0.1, 0.15) is 88.7 Å². The van der Waals surface area contributed by atoms with Gasteiger partial charge in [-0.1, -0.05) is 50.0 Å². The maximum Gasteiger partial charge on any atom is 0.115 e. The highest BCUT2D eigenvalue weighted by molar-refractivity contribution is 5.38. The summed E-state index contributed by atoms with van der Waals surface area (Å²) >= 11 is 0. The van der Waals surface area contributed by atoms with E-state index in [4.69, 9.17) is 10.5 Å². The minimum Gasteiger partial charge on any atom is -0.508 e. The van der Waals surface area contributed by atoms with Crippen LogP contribution >= 0.6 is 0 Å². The Morgan fingerprint density at radius 3 is 2.67 bits per heavy atom. The molecule has 3 heteroatoms. The molecule has 3 saturated carbocycles. The molecule has 0 aromatic heterocycles. The molecule has 3 N–H and O–H groups in total. The topological polar surface area (TPSA) is 55.5 Å². The van der Waals surface area contributed by atoms with Crippen LogP contribution in [0, 0.1) is 41.4 Å². The number of rotatable bonds is 1. The molecule has 3 nitrogen and oxygen atoms in total. The third-order valence-corrected chi connectivity index (χ3v) is 10.5. The molecule has 7 atom stereocenters. The summed E-state index contributed by atoms with van der Waals surface area (Å²) in [6.07, 6.45) is 15.9. The van der Waals surface area contributed by atoms with E-state index in [1.54, 1.807) is 0 Å². The van der Waals surface area contributed by atoms with Crippen LogP contribution in [0.25, 0.3) is 0 Å². The Bertz CT molecular complexity index is 956. The maximum atomic E-state index is 10.1. The zero-order chi connectivity index (χ0) is 22.6. The first-order valence-corrected chi connectivity index (χ1v) is 13.7. The molecule has 33 heavy (non-hydrogen) atoms. The SMILES string of the molecule is CC1(C2CCCCC2)OC23CCC1C(N)C2C#CCc1cc(O)ccc1CC1CCCC3C1. The molecule has 7 unspecified atom stereocenters. The van der Waals surface area contributed by atoms with Crippen LogP contribution in [0.2, 0.25) is 0 Å². The van der Waals surface area contributed by atoms with Crippen molar-refractivity contribution in [3.63, 3.8) is 0 Å². The van der Waals surface area contributed by atoms with E-state index in [-0.39, 0.29) is 23.2 Å². The summed E-state index contributed by atoms with van der Waals surface area (Å²) in [6.45, 7) is 2.43. The average molecular weight is 448 g/mol. The van der Waals surface area contributed by atoms with Crippen LogP contribution in [-0.2, 0) is 17.6 Å². The highest BCUT2D eigenvalue weighted by atomic mass is 16.5. The van der Waals surface area contributed by atoms with Crippen LogP contribution in [0.15, 0.2) is 18.2 Å². The molecule has 6 aliphatic rings. The predicted octanol–water partition coefficient (Wildman–Crippen LogP) is 5.76. The molecular formula is C30H41NO2. The second-order valence-corrected chi connectivity index (χ2v) is 12.2. The van der Waals surface area contributed by atoms with Gasteiger partial charge in [0.1, 0.15) is 5.75 Å². The van der Waals surface area contributed by atoms with Crippen molar-refractivity contribution in [3.05, 3.63) is 29.3 Å². The van der Waals surface area contributed by atoms with E-state index in [9.17, 15) is 5.11 Å². The van der Waals surface area contributed by atoms with Gasteiger partial charge in [-0.15, -0.1) is 0 Å². The lowest BCUT2D eigenvalue weighted by atomic mass is 9.51. The van der Waals surface area contributed by atoms with Crippen LogP contribution in [0.5, 0.6) is 5.75 Å². The zero-order valence-corrected chi connectivity index (χ0v) is 20.3. The van der Waals surface area contributed by atoms with Crippen LogP contribution in [0.3, 0.4) is 0 Å². The van der Waals surface area contributed by atoms with Gasteiger partial charge in [0.15, 0.2) is 0 Å². The molecule has 1 aromatic carbocycles. The van der Waals surface area contributed by atoms with E-state index < -0.39 is 0 Å². The fourth-order valence-corrected chi connectivity index (χ4v) is 8.84. The molecule has 7 rings (SSSR count). The molecule has 0 radical (unpaired) electrons. The molecule has 178 valence electrons. The van der Waals surface area contributed by atoms with Crippen molar-refractivity contribution in [2.45, 2.75) is 108 Å². The third-order valence-electron chi connectivity index (χ3n) is 10.5. The normalized spacial score (nSPS) is 42.9. The zero-order valence-electron chi connectivity index (χ0n) is 20.3. The lowest BCUT2D eigenvalue weighted by molar-refractivity contribution is -0.310. The summed E-state index contributed by atoms with van der Waals surface area (Å²) in [5.41, 5.74) is 9.48. The van der Waals surface area contributed by atoms with Crippen molar-refractivity contribution in [1.29, 1.82) is 0 Å². The minimum absolute atomic E-state index is 0.0852. The Kier molecular flexibility index (Phi) is 5.54. The van der Waals surface area contributed by atoms with Crippen molar-refractivity contribution >= 4 is 0 Å². The van der Waals surface area contributed by atoms with Gasteiger partial charge in [-0.25, -0.2) is 0 Å². The van der Waals surface area contributed by atoms with Crippen LogP contribution < -0.4 is 5.73 Å². The van der Waals surface area contributed by atoms with Crippen molar-refractivity contribution in [2.24, 2.45) is 35.3 Å². The highest BCUT2D eigenvalue weighted by Crippen LogP contribution is 2.61. The van der Waals surface area contributed by atoms with E-state index in [2.05, 4.69) is 24.8 Å². The van der Waals surface area contributed by atoms with Crippen molar-refractivity contribution < 1.29 is 9.84 Å². The van der Waals surface area contributed by atoms with Gasteiger partial charge in [-0.3, -0.25) is 0 Å². The molecular weight excluding hydrogens is 406 g/mol. The van der Waals surface area contributed by atoms with Gasteiger partial charge in [0, 0.05) is 18.4 Å². The summed E-state index contributed by atoms with van der Waals surface area (Å²) in [5.74, 6) is 10.1. The standard InChI is InChI=1S/C30H41NO2/c1-29(23-9-3-2-4-10-23)26-15-16-30(33-29)24-11-5-7-20(18-24)17-22-13-14-25(32)19-21(22)8-6-12-27(30)28(26)31/h13-14,19-20,23-24,26-28,32H,2-5,7-11,15-18,31H2,1H3. The van der Waals surface area contributed by atoms with E-state index in [1.165, 1.54) is 75.3 Å². The monoisotopic (exact) mass is 447 g/mol. The van der Waals surface area contributed by atoms with Gasteiger partial charge >= 0.3 is 0 Å². The molecule has 2 aliphatic heterocycles. The van der Waals surface area contributed by atoms with Crippen molar-refractivity contribution in [3.8, 4) is 17.6 Å². The van der Waals surface area contributed by atoms with Gasteiger partial charge in [-0.05, 0) is 92.9 Å². The number of fused-ring (bicyclic) bond motifs is 5. The fourth-order valence-electron chi connectivity index (χ4n) is 8.84. The molecule has 2 heterocycles. The Hall–Kier alpha value is -1.50. The van der Waals surface area contributed by atoms with Crippen molar-refractivity contribution in [1.82, 2.24) is 0 Å². The number of nitrogens with two attached hydrogens (primary N) is 1. The number of ether oxygens (including phenoxy) is 1. The lowest BCUT2D eigenvalue weighted by Crippen LogP contribution is -2.73. The summed E-state index contributed by atoms with van der Waals surface area (Å²) in [5, 5.41) is 10.1. The van der Waals surface area contributed by atoms with Gasteiger partial charge in [0.05, 0.1) is 17.1 Å². The van der Waals surface area contributed by atoms with Gasteiger partial charge in [0.2, 0.25) is 0 Å². The first-order valence-electron chi connectivity index (χ1n) is 13.7. The number of hydrogen-bond donors (Lipinski definition) is 2. The molecule has 1 spiro atoms. The minimum atomic E-state index is -0.176. The molecule has 0 amide bonds. The quantitative estimate of drug-likeness (QED) is 0.538. The Labute approximate surface area is 199 Å². The molecule has 5 fully saturated rings. The number of phenols is 1. The van der Waals surface area contributed by atoms with Gasteiger partial charge < -0.3 is 15.6 Å². The third kappa shape index (κ3) is 3.55. The second kappa shape index (κ2) is 8.31. The molecule has 2 saturated heterocycles. The van der Waals surface area contributed by atoms with Crippen LogP contribution in [0.4, 0.5) is 0 Å². The molecule has 4 bridgehead atoms. The largest absolute Gasteiger partial charge is 0.508 e. The maximum absolute atomic E-state index is 10.1. The van der Waals surface area contributed by atoms with Gasteiger partial charge in [-0.2, -0.15) is 0 Å². The Balaban J connectivity index is 1.41. The molecule has 1 aromatic rings. The van der Waals surface area contributed by atoms with Crippen molar-refractivity contribution in [2.75, 3.05) is 0 Å². The van der Waals surface area contributed by atoms with Gasteiger partial charge in [0.25, 0.3) is 0 Å². The van der Waals surface area contributed by atoms with E-state index in [0.717, 1.165) is 12.8 Å². The molecule has 4 aliphatic carbocycles. The summed E-state index contributed by atoms with van der Waals surface area (Å²) < 4.78 is 7.51. The summed E-state index contributed by atoms with van der Waals surface area (Å²) in [7, 11) is 0. The number of aromatic hydroxyl groups is 1. The van der Waals surface area contributed by atoms with Crippen LogP contribution in [-0.4, -0.2) is 22.4 Å². The summed E-state index contributed by atoms with van der Waals surface area (Å²) in [6, 6.07) is 6.02. The Morgan fingerprint density at radius 1 is 1.00 bits per heavy atom. The van der Waals surface area contributed by atoms with E-state index in [0.29, 0.717) is 35.8 Å². The Morgan fingerprint density at radius 2 is 1.82 bits per heavy atom. The average Bonchev–Trinajstić information content (AvgIpc) is 2.84. The predicted molar refractivity (Wildman–Crippen MR) is 132 cm³/mol. The number of hydrogen-bond acceptors (Lipinski definition) is 3. The highest BCUT2D eigenvalue weighted by Gasteiger charge is 2.65. The smallest absolute Gasteiger partial charge is 0.115 e. The number of benzene rings is 1. The van der Waals surface area contributed by atoms with E-state index >= 15 is 0 Å². The second-order valence-electron chi connectivity index (χ2n) is 12.2.